The number of para-hydroxylation sites is 1. The molecule has 1 aliphatic rings. The molecule has 3 N–H and O–H groups in total. The highest BCUT2D eigenvalue weighted by Crippen LogP contribution is 2.30. The van der Waals surface area contributed by atoms with E-state index in [1.54, 1.807) is 24.3 Å². The predicted molar refractivity (Wildman–Crippen MR) is 108 cm³/mol. The molecule has 0 bridgehead atoms. The van der Waals surface area contributed by atoms with Crippen molar-refractivity contribution in [1.29, 1.82) is 0 Å². The van der Waals surface area contributed by atoms with E-state index in [1.165, 1.54) is 18.9 Å². The Hall–Kier alpha value is -2.66. The van der Waals surface area contributed by atoms with Gasteiger partial charge in [-0.2, -0.15) is 0 Å². The van der Waals surface area contributed by atoms with E-state index in [9.17, 15) is 9.18 Å². The molecule has 142 valence electrons. The first-order valence-corrected chi connectivity index (χ1v) is 9.23. The first-order chi connectivity index (χ1) is 13.0. The number of benzene rings is 2. The van der Waals surface area contributed by atoms with Gasteiger partial charge in [0.15, 0.2) is 0 Å². The van der Waals surface area contributed by atoms with E-state index < -0.39 is 0 Å². The molecular formula is C22H26FN3O. The number of nitrogens with one attached hydrogen (secondary N) is 1. The van der Waals surface area contributed by atoms with Gasteiger partial charge >= 0.3 is 0 Å². The smallest absolute Gasteiger partial charge is 0.150 e. The second kappa shape index (κ2) is 8.35. The van der Waals surface area contributed by atoms with Crippen LogP contribution in [0, 0.1) is 11.7 Å². The number of nitrogens with two attached hydrogens (primary N) is 1. The van der Waals surface area contributed by atoms with E-state index in [1.807, 2.05) is 19.1 Å². The second-order valence-electron chi connectivity index (χ2n) is 7.32. The van der Waals surface area contributed by atoms with E-state index in [-0.39, 0.29) is 5.82 Å². The minimum Gasteiger partial charge on any atom is -0.397 e. The molecule has 0 amide bonds. The number of rotatable bonds is 8. The van der Waals surface area contributed by atoms with Gasteiger partial charge in [-0.15, -0.1) is 0 Å². The molecule has 0 aromatic heterocycles. The van der Waals surface area contributed by atoms with Crippen LogP contribution in [0.15, 0.2) is 48.2 Å². The molecule has 2 aromatic carbocycles. The molecular weight excluding hydrogens is 341 g/mol. The van der Waals surface area contributed by atoms with Crippen LogP contribution in [0.2, 0.25) is 0 Å². The van der Waals surface area contributed by atoms with Gasteiger partial charge in [-0.25, -0.2) is 4.39 Å². The van der Waals surface area contributed by atoms with Gasteiger partial charge in [-0.3, -0.25) is 4.79 Å². The summed E-state index contributed by atoms with van der Waals surface area (Å²) < 4.78 is 13.9. The molecule has 1 saturated carbocycles. The highest BCUT2D eigenvalue weighted by molar-refractivity contribution is 5.79. The molecule has 0 unspecified atom stereocenters. The first kappa shape index (κ1) is 19.1. The molecule has 2 aromatic rings. The number of halogens is 1. The van der Waals surface area contributed by atoms with E-state index in [2.05, 4.69) is 17.3 Å². The zero-order chi connectivity index (χ0) is 19.4. The molecule has 3 rings (SSSR count). The fourth-order valence-electron chi connectivity index (χ4n) is 3.17. The Kier molecular flexibility index (Phi) is 5.91. The molecule has 0 saturated heterocycles. The lowest BCUT2D eigenvalue weighted by atomic mass is 10.0. The Bertz CT molecular complexity index is 858. The number of nitrogens with zero attached hydrogens (tertiary/aromatic N) is 1. The van der Waals surface area contributed by atoms with Crippen LogP contribution in [0.25, 0.3) is 5.70 Å². The van der Waals surface area contributed by atoms with Crippen LogP contribution in [0.5, 0.6) is 0 Å². The maximum atomic E-state index is 13.9. The number of hydrogen-bond acceptors (Lipinski definition) is 4. The molecule has 0 heterocycles. The lowest BCUT2D eigenvalue weighted by Crippen LogP contribution is -2.21. The van der Waals surface area contributed by atoms with Crippen molar-refractivity contribution in [2.45, 2.75) is 26.3 Å². The summed E-state index contributed by atoms with van der Waals surface area (Å²) >= 11 is 0. The van der Waals surface area contributed by atoms with Crippen LogP contribution in [0.3, 0.4) is 0 Å². The Morgan fingerprint density at radius 3 is 2.70 bits per heavy atom. The van der Waals surface area contributed by atoms with Gasteiger partial charge < -0.3 is 16.0 Å². The van der Waals surface area contributed by atoms with Crippen molar-refractivity contribution in [2.75, 3.05) is 18.9 Å². The maximum Gasteiger partial charge on any atom is 0.150 e. The summed E-state index contributed by atoms with van der Waals surface area (Å²) in [5.74, 6) is 0.457. The van der Waals surface area contributed by atoms with Gasteiger partial charge in [0.05, 0.1) is 11.4 Å². The fourth-order valence-corrected chi connectivity index (χ4v) is 3.17. The maximum absolute atomic E-state index is 13.9. The van der Waals surface area contributed by atoms with E-state index in [0.717, 1.165) is 29.9 Å². The number of carbonyl (C=O) groups excluding carboxylic acids is 1. The van der Waals surface area contributed by atoms with Crippen LogP contribution < -0.4 is 11.1 Å². The minimum absolute atomic E-state index is 0.330. The summed E-state index contributed by atoms with van der Waals surface area (Å²) in [6.45, 7) is 3.56. The molecule has 4 nitrogen and oxygen atoms in total. The summed E-state index contributed by atoms with van der Waals surface area (Å²) in [7, 11) is 2.07. The van der Waals surface area contributed by atoms with Crippen LogP contribution in [0.1, 0.15) is 41.3 Å². The van der Waals surface area contributed by atoms with Gasteiger partial charge in [0.25, 0.3) is 0 Å². The van der Waals surface area contributed by atoms with Gasteiger partial charge in [0.2, 0.25) is 0 Å². The lowest BCUT2D eigenvalue weighted by Gasteiger charge is -2.19. The SMILES string of the molecule is C/C(Nc1ccccc1F)=C(/N)c1ccc(C=O)c(CN(C)CC2CC2)c1. The average Bonchev–Trinajstić information content (AvgIpc) is 3.46. The van der Waals surface area contributed by atoms with Crippen molar-refractivity contribution in [3.8, 4) is 0 Å². The van der Waals surface area contributed by atoms with Crippen LogP contribution >= 0.6 is 0 Å². The van der Waals surface area contributed by atoms with Gasteiger partial charge in [-0.1, -0.05) is 24.3 Å². The first-order valence-electron chi connectivity index (χ1n) is 9.23. The van der Waals surface area contributed by atoms with Crippen LogP contribution in [-0.2, 0) is 6.54 Å². The van der Waals surface area contributed by atoms with E-state index in [4.69, 9.17) is 5.73 Å². The lowest BCUT2D eigenvalue weighted by molar-refractivity contribution is 0.112. The van der Waals surface area contributed by atoms with Crippen molar-refractivity contribution in [3.63, 3.8) is 0 Å². The molecule has 0 spiro atoms. The molecule has 1 fully saturated rings. The molecule has 27 heavy (non-hydrogen) atoms. The van der Waals surface area contributed by atoms with Crippen molar-refractivity contribution < 1.29 is 9.18 Å². The van der Waals surface area contributed by atoms with Crippen LogP contribution in [-0.4, -0.2) is 24.8 Å². The summed E-state index contributed by atoms with van der Waals surface area (Å²) in [5, 5.41) is 3.03. The van der Waals surface area contributed by atoms with Gasteiger partial charge in [0, 0.05) is 24.4 Å². The van der Waals surface area contributed by atoms with E-state index >= 15 is 0 Å². The molecule has 0 aliphatic heterocycles. The molecule has 0 radical (unpaired) electrons. The molecule has 1 aliphatic carbocycles. The monoisotopic (exact) mass is 367 g/mol. The Morgan fingerprint density at radius 1 is 1.30 bits per heavy atom. The summed E-state index contributed by atoms with van der Waals surface area (Å²) in [4.78, 5) is 13.7. The Morgan fingerprint density at radius 2 is 2.04 bits per heavy atom. The zero-order valence-corrected chi connectivity index (χ0v) is 15.8. The number of aldehydes is 1. The fraction of sp³-hybridized carbons (Fsp3) is 0.318. The van der Waals surface area contributed by atoms with Gasteiger partial charge in [0.1, 0.15) is 12.1 Å². The summed E-state index contributed by atoms with van der Waals surface area (Å²) in [6.07, 6.45) is 3.47. The normalized spacial score (nSPS) is 14.8. The molecule has 5 heteroatoms. The zero-order valence-electron chi connectivity index (χ0n) is 15.8. The Balaban J connectivity index is 1.82. The Labute approximate surface area is 159 Å². The number of hydrogen-bond donors (Lipinski definition) is 2. The third-order valence-electron chi connectivity index (χ3n) is 4.89. The third-order valence-corrected chi connectivity index (χ3v) is 4.89. The number of allylic oxidation sites excluding steroid dienone is 1. The number of carbonyl (C=O) groups is 1. The van der Waals surface area contributed by atoms with Crippen molar-refractivity contribution >= 4 is 17.7 Å². The second-order valence-corrected chi connectivity index (χ2v) is 7.32. The highest BCUT2D eigenvalue weighted by atomic mass is 19.1. The largest absolute Gasteiger partial charge is 0.397 e. The summed E-state index contributed by atoms with van der Waals surface area (Å²) in [5.41, 5.74) is 10.3. The van der Waals surface area contributed by atoms with Crippen molar-refractivity contribution in [1.82, 2.24) is 4.90 Å². The topological polar surface area (TPSA) is 58.4 Å². The standard InChI is InChI=1S/C22H26FN3O/c1-15(25-21-6-4-3-5-20(21)23)22(24)17-9-10-18(14-27)19(11-17)13-26(2)12-16-7-8-16/h3-6,9-11,14,16,25H,7-8,12-13,24H2,1-2H3/b22-15-. The van der Waals surface area contributed by atoms with Crippen molar-refractivity contribution in [2.24, 2.45) is 11.7 Å². The summed E-state index contributed by atoms with van der Waals surface area (Å²) in [6, 6.07) is 12.1. The molecule has 0 atom stereocenters. The predicted octanol–water partition coefficient (Wildman–Crippen LogP) is 4.24. The highest BCUT2D eigenvalue weighted by Gasteiger charge is 2.23. The number of anilines is 1. The van der Waals surface area contributed by atoms with Crippen molar-refractivity contribution in [3.05, 3.63) is 70.7 Å². The quantitative estimate of drug-likeness (QED) is 0.685. The van der Waals surface area contributed by atoms with Crippen LogP contribution in [0.4, 0.5) is 10.1 Å². The van der Waals surface area contributed by atoms with Gasteiger partial charge in [-0.05, 0) is 62.1 Å². The van der Waals surface area contributed by atoms with E-state index in [0.29, 0.717) is 29.2 Å². The average molecular weight is 367 g/mol. The third kappa shape index (κ3) is 4.95. The minimum atomic E-state index is -0.330.